The van der Waals surface area contributed by atoms with Gasteiger partial charge in [0, 0.05) is 24.9 Å². The predicted octanol–water partition coefficient (Wildman–Crippen LogP) is 3.52. The number of nitrogens with zero attached hydrogens (tertiary/aromatic N) is 2. The molecule has 0 spiro atoms. The molecule has 160 valence electrons. The standard InChI is InChI=1S/C25H28N4O2/c30-24(17-27-25(31)21-6-1-2-7-21)26-16-22-8-3-4-9-23(22)20-12-10-19(11-13-20)18-29-15-5-14-28-29/h3-5,8-15,21H,1-2,6-7,16-18H2,(H,26,30)(H,27,31). The molecule has 0 radical (unpaired) electrons. The Bertz CT molecular complexity index is 1010. The number of rotatable bonds is 8. The molecule has 1 fully saturated rings. The van der Waals surface area contributed by atoms with Crippen molar-refractivity contribution in [1.82, 2.24) is 20.4 Å². The van der Waals surface area contributed by atoms with Crippen molar-refractivity contribution < 1.29 is 9.59 Å². The molecule has 0 atom stereocenters. The third-order valence-electron chi connectivity index (χ3n) is 5.81. The Morgan fingerprint density at radius 3 is 2.48 bits per heavy atom. The highest BCUT2D eigenvalue weighted by atomic mass is 16.2. The number of hydrogen-bond donors (Lipinski definition) is 2. The van der Waals surface area contributed by atoms with Crippen molar-refractivity contribution in [2.75, 3.05) is 6.54 Å². The summed E-state index contributed by atoms with van der Waals surface area (Å²) in [6.45, 7) is 1.18. The summed E-state index contributed by atoms with van der Waals surface area (Å²) in [5.74, 6) is -0.0937. The average Bonchev–Trinajstić information content (AvgIpc) is 3.51. The fourth-order valence-corrected chi connectivity index (χ4v) is 4.08. The van der Waals surface area contributed by atoms with Gasteiger partial charge in [0.25, 0.3) is 0 Å². The van der Waals surface area contributed by atoms with E-state index in [2.05, 4.69) is 46.1 Å². The second-order valence-corrected chi connectivity index (χ2v) is 8.03. The zero-order valence-corrected chi connectivity index (χ0v) is 17.6. The predicted molar refractivity (Wildman–Crippen MR) is 120 cm³/mol. The molecule has 1 aliphatic carbocycles. The van der Waals surface area contributed by atoms with E-state index in [0.717, 1.165) is 48.9 Å². The van der Waals surface area contributed by atoms with Crippen molar-refractivity contribution in [3.8, 4) is 11.1 Å². The molecule has 0 bridgehead atoms. The average molecular weight is 417 g/mol. The third-order valence-corrected chi connectivity index (χ3v) is 5.81. The van der Waals surface area contributed by atoms with E-state index in [-0.39, 0.29) is 24.3 Å². The Kier molecular flexibility index (Phi) is 6.77. The van der Waals surface area contributed by atoms with Crippen LogP contribution in [0.15, 0.2) is 67.0 Å². The van der Waals surface area contributed by atoms with Gasteiger partial charge in [0.1, 0.15) is 0 Å². The number of carbonyl (C=O) groups excluding carboxylic acids is 2. The van der Waals surface area contributed by atoms with E-state index in [1.54, 1.807) is 6.20 Å². The van der Waals surface area contributed by atoms with Gasteiger partial charge in [0.2, 0.25) is 11.8 Å². The molecule has 2 aromatic carbocycles. The lowest BCUT2D eigenvalue weighted by Gasteiger charge is -2.13. The number of benzene rings is 2. The lowest BCUT2D eigenvalue weighted by molar-refractivity contribution is -0.128. The Balaban J connectivity index is 1.33. The molecule has 1 aromatic heterocycles. The van der Waals surface area contributed by atoms with E-state index in [1.807, 2.05) is 35.1 Å². The largest absolute Gasteiger partial charge is 0.350 e. The first-order valence-electron chi connectivity index (χ1n) is 10.9. The van der Waals surface area contributed by atoms with Gasteiger partial charge in [0.15, 0.2) is 0 Å². The van der Waals surface area contributed by atoms with Crippen LogP contribution in [-0.4, -0.2) is 28.1 Å². The summed E-state index contributed by atoms with van der Waals surface area (Å²) in [5, 5.41) is 9.95. The molecule has 2 amide bonds. The summed E-state index contributed by atoms with van der Waals surface area (Å²) in [7, 11) is 0. The molecule has 6 nitrogen and oxygen atoms in total. The summed E-state index contributed by atoms with van der Waals surface area (Å²) in [6.07, 6.45) is 7.79. The minimum Gasteiger partial charge on any atom is -0.350 e. The highest BCUT2D eigenvalue weighted by Crippen LogP contribution is 2.25. The Morgan fingerprint density at radius 1 is 0.968 bits per heavy atom. The lowest BCUT2D eigenvalue weighted by atomic mass is 9.98. The van der Waals surface area contributed by atoms with Crippen LogP contribution in [0.3, 0.4) is 0 Å². The number of aromatic nitrogens is 2. The first-order chi connectivity index (χ1) is 15.2. The van der Waals surface area contributed by atoms with Crippen LogP contribution in [0.5, 0.6) is 0 Å². The van der Waals surface area contributed by atoms with E-state index in [1.165, 1.54) is 5.56 Å². The molecule has 1 aliphatic rings. The Hall–Kier alpha value is -3.41. The maximum atomic E-state index is 12.2. The minimum atomic E-state index is -0.171. The molecule has 31 heavy (non-hydrogen) atoms. The fourth-order valence-electron chi connectivity index (χ4n) is 4.08. The SMILES string of the molecule is O=C(CNC(=O)C1CCCC1)NCc1ccccc1-c1ccc(Cn2cccn2)cc1. The molecule has 2 N–H and O–H groups in total. The summed E-state index contributed by atoms with van der Waals surface area (Å²) in [4.78, 5) is 24.3. The van der Waals surface area contributed by atoms with E-state index < -0.39 is 0 Å². The van der Waals surface area contributed by atoms with E-state index >= 15 is 0 Å². The molecule has 1 saturated carbocycles. The number of carbonyl (C=O) groups is 2. The second kappa shape index (κ2) is 10.1. The van der Waals surface area contributed by atoms with Crippen molar-refractivity contribution in [2.24, 2.45) is 5.92 Å². The maximum Gasteiger partial charge on any atom is 0.239 e. The number of hydrogen-bond acceptors (Lipinski definition) is 3. The van der Waals surface area contributed by atoms with Crippen molar-refractivity contribution in [1.29, 1.82) is 0 Å². The topological polar surface area (TPSA) is 76.0 Å². The summed E-state index contributed by atoms with van der Waals surface area (Å²) < 4.78 is 1.89. The van der Waals surface area contributed by atoms with Gasteiger partial charge in [-0.05, 0) is 41.2 Å². The van der Waals surface area contributed by atoms with E-state index in [0.29, 0.717) is 6.54 Å². The van der Waals surface area contributed by atoms with E-state index in [9.17, 15) is 9.59 Å². The molecule has 3 aromatic rings. The van der Waals surface area contributed by atoms with Gasteiger partial charge >= 0.3 is 0 Å². The quantitative estimate of drug-likeness (QED) is 0.590. The van der Waals surface area contributed by atoms with Gasteiger partial charge in [-0.25, -0.2) is 0 Å². The van der Waals surface area contributed by atoms with Crippen molar-refractivity contribution in [3.05, 3.63) is 78.1 Å². The zero-order valence-electron chi connectivity index (χ0n) is 17.6. The van der Waals surface area contributed by atoms with Gasteiger partial charge in [0.05, 0.1) is 13.1 Å². The van der Waals surface area contributed by atoms with Crippen LogP contribution in [0.25, 0.3) is 11.1 Å². The highest BCUT2D eigenvalue weighted by Gasteiger charge is 2.22. The molecule has 0 aliphatic heterocycles. The van der Waals surface area contributed by atoms with Crippen LogP contribution in [-0.2, 0) is 22.7 Å². The first-order valence-corrected chi connectivity index (χ1v) is 10.9. The molecular weight excluding hydrogens is 388 g/mol. The van der Waals surface area contributed by atoms with Crippen molar-refractivity contribution in [2.45, 2.75) is 38.8 Å². The number of nitrogens with one attached hydrogen (secondary N) is 2. The molecule has 0 unspecified atom stereocenters. The summed E-state index contributed by atoms with van der Waals surface area (Å²) in [6, 6.07) is 18.4. The molecular formula is C25H28N4O2. The number of amides is 2. The van der Waals surface area contributed by atoms with Crippen LogP contribution in [0.4, 0.5) is 0 Å². The Morgan fingerprint density at radius 2 is 1.74 bits per heavy atom. The van der Waals surface area contributed by atoms with E-state index in [4.69, 9.17) is 0 Å². The third kappa shape index (κ3) is 5.60. The molecule has 0 saturated heterocycles. The highest BCUT2D eigenvalue weighted by molar-refractivity contribution is 5.86. The summed E-state index contributed by atoms with van der Waals surface area (Å²) >= 11 is 0. The van der Waals surface area contributed by atoms with Gasteiger partial charge in [-0.2, -0.15) is 5.10 Å². The van der Waals surface area contributed by atoms with Gasteiger partial charge in [-0.3, -0.25) is 14.3 Å². The molecule has 1 heterocycles. The van der Waals surface area contributed by atoms with Gasteiger partial charge in [-0.15, -0.1) is 0 Å². The normalized spacial score (nSPS) is 13.8. The first kappa shape index (κ1) is 20.8. The van der Waals surface area contributed by atoms with Crippen LogP contribution in [0.2, 0.25) is 0 Å². The van der Waals surface area contributed by atoms with Crippen molar-refractivity contribution in [3.63, 3.8) is 0 Å². The van der Waals surface area contributed by atoms with Crippen molar-refractivity contribution >= 4 is 11.8 Å². The smallest absolute Gasteiger partial charge is 0.239 e. The fraction of sp³-hybridized carbons (Fsp3) is 0.320. The van der Waals surface area contributed by atoms with Crippen LogP contribution >= 0.6 is 0 Å². The van der Waals surface area contributed by atoms with Crippen LogP contribution in [0.1, 0.15) is 36.8 Å². The minimum absolute atomic E-state index is 0.00301. The lowest BCUT2D eigenvalue weighted by Crippen LogP contribution is -2.38. The van der Waals surface area contributed by atoms with Crippen LogP contribution in [0, 0.1) is 5.92 Å². The maximum absolute atomic E-state index is 12.2. The van der Waals surface area contributed by atoms with Gasteiger partial charge in [-0.1, -0.05) is 61.4 Å². The molecule has 6 heteroatoms. The van der Waals surface area contributed by atoms with Gasteiger partial charge < -0.3 is 10.6 Å². The monoisotopic (exact) mass is 416 g/mol. The second-order valence-electron chi connectivity index (χ2n) is 8.03. The Labute approximate surface area is 182 Å². The summed E-state index contributed by atoms with van der Waals surface area (Å²) in [5.41, 5.74) is 4.40. The molecule has 4 rings (SSSR count). The zero-order chi connectivity index (χ0) is 21.5. The van der Waals surface area contributed by atoms with Crippen LogP contribution < -0.4 is 10.6 Å².